The second-order valence-electron chi connectivity index (χ2n) is 5.03. The quantitative estimate of drug-likeness (QED) is 0.650. The molecule has 3 aromatic rings. The average molecular weight is 261 g/mol. The second-order valence-corrected chi connectivity index (χ2v) is 5.03. The molecule has 1 heterocycles. The van der Waals surface area contributed by atoms with Crippen molar-refractivity contribution in [3.8, 4) is 0 Å². The van der Waals surface area contributed by atoms with Crippen molar-refractivity contribution in [1.82, 2.24) is 4.98 Å². The number of pyridine rings is 1. The Hall–Kier alpha value is -2.48. The minimum absolute atomic E-state index is 0.0457. The van der Waals surface area contributed by atoms with E-state index in [1.807, 2.05) is 68.4 Å². The number of fused-ring (bicyclic) bond motifs is 1. The summed E-state index contributed by atoms with van der Waals surface area (Å²) in [5.74, 6) is 0.0457. The highest BCUT2D eigenvalue weighted by Gasteiger charge is 2.10. The van der Waals surface area contributed by atoms with Crippen molar-refractivity contribution in [3.63, 3.8) is 0 Å². The van der Waals surface area contributed by atoms with Crippen molar-refractivity contribution >= 4 is 16.6 Å². The van der Waals surface area contributed by atoms with Gasteiger partial charge in [0, 0.05) is 22.5 Å². The topological polar surface area (TPSA) is 30.0 Å². The van der Waals surface area contributed by atoms with Gasteiger partial charge in [-0.2, -0.15) is 0 Å². The molecule has 0 aliphatic carbocycles. The van der Waals surface area contributed by atoms with Crippen LogP contribution in [0, 0.1) is 13.8 Å². The summed E-state index contributed by atoms with van der Waals surface area (Å²) in [6.45, 7) is 3.81. The first-order valence-corrected chi connectivity index (χ1v) is 6.62. The maximum Gasteiger partial charge on any atom is 0.193 e. The van der Waals surface area contributed by atoms with E-state index in [4.69, 9.17) is 0 Å². The predicted molar refractivity (Wildman–Crippen MR) is 81.1 cm³/mol. The van der Waals surface area contributed by atoms with Crippen molar-refractivity contribution in [2.75, 3.05) is 0 Å². The Bertz CT molecular complexity index is 785. The number of aryl methyl sites for hydroxylation is 2. The summed E-state index contributed by atoms with van der Waals surface area (Å²) in [6, 6.07) is 17.5. The third-order valence-corrected chi connectivity index (χ3v) is 3.36. The Balaban J connectivity index is 2.07. The summed E-state index contributed by atoms with van der Waals surface area (Å²) < 4.78 is 0. The summed E-state index contributed by atoms with van der Waals surface area (Å²) in [6.07, 6.45) is 0. The molecule has 0 radical (unpaired) electrons. The third kappa shape index (κ3) is 2.32. The number of hydrogen-bond donors (Lipinski definition) is 0. The largest absolute Gasteiger partial charge is 0.289 e. The molecule has 2 nitrogen and oxygen atoms in total. The maximum atomic E-state index is 12.6. The Morgan fingerprint density at radius 1 is 0.800 bits per heavy atom. The van der Waals surface area contributed by atoms with Gasteiger partial charge in [-0.3, -0.25) is 9.78 Å². The molecule has 0 bridgehead atoms. The molecule has 2 heteroatoms. The molecule has 0 spiro atoms. The minimum Gasteiger partial charge on any atom is -0.289 e. The van der Waals surface area contributed by atoms with Crippen molar-refractivity contribution in [2.24, 2.45) is 0 Å². The van der Waals surface area contributed by atoms with Gasteiger partial charge in [-0.25, -0.2) is 0 Å². The van der Waals surface area contributed by atoms with Crippen molar-refractivity contribution in [2.45, 2.75) is 13.8 Å². The van der Waals surface area contributed by atoms with Gasteiger partial charge in [-0.05, 0) is 42.8 Å². The molecule has 0 amide bonds. The summed E-state index contributed by atoms with van der Waals surface area (Å²) in [7, 11) is 0. The van der Waals surface area contributed by atoms with Crippen LogP contribution in [0.4, 0.5) is 0 Å². The highest BCUT2D eigenvalue weighted by atomic mass is 16.1. The molecule has 0 aliphatic rings. The second kappa shape index (κ2) is 4.89. The number of rotatable bonds is 2. The summed E-state index contributed by atoms with van der Waals surface area (Å²) in [5, 5.41) is 2.23. The van der Waals surface area contributed by atoms with E-state index in [-0.39, 0.29) is 5.78 Å². The van der Waals surface area contributed by atoms with Gasteiger partial charge in [0.05, 0.1) is 0 Å². The van der Waals surface area contributed by atoms with Gasteiger partial charge in [0.25, 0.3) is 0 Å². The molecule has 0 aliphatic heterocycles. The number of carbonyl (C=O) groups is 1. The lowest BCUT2D eigenvalue weighted by Gasteiger charge is -2.05. The summed E-state index contributed by atoms with van der Waals surface area (Å²) in [4.78, 5) is 16.9. The first-order chi connectivity index (χ1) is 9.63. The number of aromatic nitrogens is 1. The molecule has 0 unspecified atom stereocenters. The molecule has 20 heavy (non-hydrogen) atoms. The molecule has 0 N–H and O–H groups in total. The molecule has 0 atom stereocenters. The fourth-order valence-corrected chi connectivity index (χ4v) is 2.46. The zero-order valence-corrected chi connectivity index (χ0v) is 11.6. The monoisotopic (exact) mass is 261 g/mol. The van der Waals surface area contributed by atoms with Gasteiger partial charge in [0.15, 0.2) is 5.78 Å². The standard InChI is InChI=1S/C18H15NO/c1-12-9-17(10-13(2)19-12)18(20)16-8-7-14-5-3-4-6-15(14)11-16/h3-11H,1-2H3. The molecule has 1 aromatic heterocycles. The lowest BCUT2D eigenvalue weighted by molar-refractivity contribution is 0.103. The molecular weight excluding hydrogens is 246 g/mol. The van der Waals surface area contributed by atoms with Crippen molar-refractivity contribution < 1.29 is 4.79 Å². The van der Waals surface area contributed by atoms with Gasteiger partial charge in [-0.1, -0.05) is 36.4 Å². The summed E-state index contributed by atoms with van der Waals surface area (Å²) in [5.41, 5.74) is 3.15. The van der Waals surface area contributed by atoms with E-state index in [9.17, 15) is 4.79 Å². The van der Waals surface area contributed by atoms with Crippen LogP contribution in [0.5, 0.6) is 0 Å². The molecule has 0 fully saturated rings. The fourth-order valence-electron chi connectivity index (χ4n) is 2.46. The van der Waals surface area contributed by atoms with E-state index >= 15 is 0 Å². The first-order valence-electron chi connectivity index (χ1n) is 6.62. The van der Waals surface area contributed by atoms with Crippen LogP contribution in [-0.4, -0.2) is 10.8 Å². The number of nitrogens with zero attached hydrogens (tertiary/aromatic N) is 1. The molecule has 0 saturated carbocycles. The number of carbonyl (C=O) groups excluding carboxylic acids is 1. The normalized spacial score (nSPS) is 10.7. The Morgan fingerprint density at radius 2 is 1.45 bits per heavy atom. The van der Waals surface area contributed by atoms with E-state index in [1.165, 1.54) is 0 Å². The Labute approximate surface area is 118 Å². The van der Waals surface area contributed by atoms with E-state index in [0.29, 0.717) is 11.1 Å². The van der Waals surface area contributed by atoms with E-state index in [1.54, 1.807) is 0 Å². The van der Waals surface area contributed by atoms with Crippen LogP contribution in [0.1, 0.15) is 27.3 Å². The third-order valence-electron chi connectivity index (χ3n) is 3.36. The van der Waals surface area contributed by atoms with Gasteiger partial charge in [0.1, 0.15) is 0 Å². The van der Waals surface area contributed by atoms with E-state index in [2.05, 4.69) is 4.98 Å². The number of benzene rings is 2. The Kier molecular flexibility index (Phi) is 3.07. The van der Waals surface area contributed by atoms with Crippen LogP contribution in [0.15, 0.2) is 54.6 Å². The van der Waals surface area contributed by atoms with E-state index < -0.39 is 0 Å². The molecule has 3 rings (SSSR count). The van der Waals surface area contributed by atoms with Gasteiger partial charge in [-0.15, -0.1) is 0 Å². The van der Waals surface area contributed by atoms with Crippen LogP contribution in [-0.2, 0) is 0 Å². The number of ketones is 1. The predicted octanol–water partition coefficient (Wildman–Crippen LogP) is 4.08. The molecular formula is C18H15NO. The lowest BCUT2D eigenvalue weighted by atomic mass is 9.99. The number of hydrogen-bond acceptors (Lipinski definition) is 2. The first kappa shape index (κ1) is 12.5. The molecule has 98 valence electrons. The fraction of sp³-hybridized carbons (Fsp3) is 0.111. The maximum absolute atomic E-state index is 12.6. The smallest absolute Gasteiger partial charge is 0.193 e. The van der Waals surface area contributed by atoms with Crippen LogP contribution in [0.25, 0.3) is 10.8 Å². The van der Waals surface area contributed by atoms with Gasteiger partial charge >= 0.3 is 0 Å². The van der Waals surface area contributed by atoms with Gasteiger partial charge < -0.3 is 0 Å². The zero-order valence-electron chi connectivity index (χ0n) is 11.6. The van der Waals surface area contributed by atoms with Gasteiger partial charge in [0.2, 0.25) is 0 Å². The summed E-state index contributed by atoms with van der Waals surface area (Å²) >= 11 is 0. The zero-order chi connectivity index (χ0) is 14.1. The SMILES string of the molecule is Cc1cc(C(=O)c2ccc3ccccc3c2)cc(C)n1. The van der Waals surface area contributed by atoms with Crippen LogP contribution >= 0.6 is 0 Å². The minimum atomic E-state index is 0.0457. The average Bonchev–Trinajstić information content (AvgIpc) is 2.45. The lowest BCUT2D eigenvalue weighted by Crippen LogP contribution is -2.03. The molecule has 0 saturated heterocycles. The Morgan fingerprint density at radius 3 is 2.15 bits per heavy atom. The molecule has 2 aromatic carbocycles. The van der Waals surface area contributed by atoms with Crippen LogP contribution in [0.3, 0.4) is 0 Å². The van der Waals surface area contributed by atoms with Crippen molar-refractivity contribution in [3.05, 3.63) is 77.1 Å². The van der Waals surface area contributed by atoms with Crippen molar-refractivity contribution in [1.29, 1.82) is 0 Å². The van der Waals surface area contributed by atoms with Crippen LogP contribution in [0.2, 0.25) is 0 Å². The highest BCUT2D eigenvalue weighted by Crippen LogP contribution is 2.18. The highest BCUT2D eigenvalue weighted by molar-refractivity contribution is 6.10. The van der Waals surface area contributed by atoms with Crippen LogP contribution < -0.4 is 0 Å². The van der Waals surface area contributed by atoms with E-state index in [0.717, 1.165) is 22.2 Å².